The van der Waals surface area contributed by atoms with Gasteiger partial charge < -0.3 is 15.0 Å². The van der Waals surface area contributed by atoms with Gasteiger partial charge in [0.15, 0.2) is 0 Å². The lowest BCUT2D eigenvalue weighted by Crippen LogP contribution is -2.62. The zero-order valence-electron chi connectivity index (χ0n) is 19.3. The lowest BCUT2D eigenvalue weighted by atomic mass is 9.79. The van der Waals surface area contributed by atoms with Gasteiger partial charge in [-0.1, -0.05) is 0 Å². The number of piperidine rings is 1. The molecule has 1 fully saturated rings. The molecule has 2 aliphatic rings. The maximum Gasteiger partial charge on any atom is 0.223 e. The van der Waals surface area contributed by atoms with Crippen molar-refractivity contribution in [1.29, 1.82) is 0 Å². The van der Waals surface area contributed by atoms with Crippen LogP contribution in [0, 0.1) is 5.82 Å². The number of nitrogens with one attached hydrogen (secondary N) is 2. The van der Waals surface area contributed by atoms with E-state index in [-0.39, 0.29) is 16.9 Å². The predicted octanol–water partition coefficient (Wildman–Crippen LogP) is 4.92. The monoisotopic (exact) mass is 435 g/mol. The van der Waals surface area contributed by atoms with Crippen LogP contribution < -0.4 is 15.0 Å². The summed E-state index contributed by atoms with van der Waals surface area (Å²) < 4.78 is 20.9. The number of pyridine rings is 1. The average molecular weight is 436 g/mol. The number of benzene rings is 1. The molecule has 0 atom stereocenters. The van der Waals surface area contributed by atoms with Crippen LogP contribution in [0.4, 0.5) is 10.2 Å². The van der Waals surface area contributed by atoms with Gasteiger partial charge in [-0.3, -0.25) is 5.10 Å². The van der Waals surface area contributed by atoms with Crippen LogP contribution in [0.3, 0.4) is 0 Å². The van der Waals surface area contributed by atoms with Crippen LogP contribution in [0.25, 0.3) is 22.3 Å². The Kier molecular flexibility index (Phi) is 4.78. The molecular formula is C25H30FN5O. The highest BCUT2D eigenvalue weighted by Crippen LogP contribution is 2.41. The number of rotatable bonds is 3. The summed E-state index contributed by atoms with van der Waals surface area (Å²) in [5.41, 5.74) is 3.95. The Hall–Kier alpha value is -2.93. The van der Waals surface area contributed by atoms with Crippen molar-refractivity contribution in [3.05, 3.63) is 48.0 Å². The van der Waals surface area contributed by atoms with E-state index < -0.39 is 0 Å². The Labute approximate surface area is 188 Å². The smallest absolute Gasteiger partial charge is 0.223 e. The third-order valence-corrected chi connectivity index (χ3v) is 6.58. The van der Waals surface area contributed by atoms with Gasteiger partial charge in [-0.25, -0.2) is 4.39 Å². The fraction of sp³-hybridized carbons (Fsp3) is 0.440. The van der Waals surface area contributed by atoms with Gasteiger partial charge in [0.1, 0.15) is 18.2 Å². The standard InChI is InChI=1S/C25H30FN5O/c1-24(2)10-17(11-25(3,4)30-24)31(5)22-7-6-18-19-9-21(26)20(16-12-27-28-13-16)8-15(19)14-32-23(18)29-22/h6-9,12-13,17,30H,10-11,14H2,1-5H3,(H,27,28). The summed E-state index contributed by atoms with van der Waals surface area (Å²) in [5, 5.41) is 10.4. The number of nitrogens with zero attached hydrogens (tertiary/aromatic N) is 3. The third kappa shape index (κ3) is 3.75. The molecule has 2 aliphatic heterocycles. The van der Waals surface area contributed by atoms with Gasteiger partial charge in [0.05, 0.1) is 6.20 Å². The van der Waals surface area contributed by atoms with E-state index in [4.69, 9.17) is 9.72 Å². The van der Waals surface area contributed by atoms with E-state index >= 15 is 0 Å². The van der Waals surface area contributed by atoms with Crippen molar-refractivity contribution in [3.63, 3.8) is 0 Å². The highest BCUT2D eigenvalue weighted by Gasteiger charge is 2.39. The van der Waals surface area contributed by atoms with E-state index in [1.807, 2.05) is 18.2 Å². The molecule has 0 saturated carbocycles. The van der Waals surface area contributed by atoms with Gasteiger partial charge in [0.25, 0.3) is 0 Å². The zero-order chi connectivity index (χ0) is 22.7. The molecule has 2 N–H and O–H groups in total. The first-order valence-electron chi connectivity index (χ1n) is 11.1. The van der Waals surface area contributed by atoms with E-state index in [0.29, 0.717) is 24.1 Å². The Balaban J connectivity index is 1.46. The van der Waals surface area contributed by atoms with Crippen molar-refractivity contribution < 1.29 is 9.13 Å². The van der Waals surface area contributed by atoms with Crippen molar-refractivity contribution in [2.45, 2.75) is 64.3 Å². The number of halogens is 1. The number of H-pyrrole nitrogens is 1. The highest BCUT2D eigenvalue weighted by molar-refractivity contribution is 5.78. The van der Waals surface area contributed by atoms with E-state index in [1.165, 1.54) is 0 Å². The minimum Gasteiger partial charge on any atom is -0.472 e. The van der Waals surface area contributed by atoms with Crippen molar-refractivity contribution in [3.8, 4) is 28.1 Å². The van der Waals surface area contributed by atoms with Gasteiger partial charge in [0, 0.05) is 47.1 Å². The van der Waals surface area contributed by atoms with Crippen LogP contribution in [0.15, 0.2) is 36.7 Å². The first-order chi connectivity index (χ1) is 15.1. The zero-order valence-corrected chi connectivity index (χ0v) is 19.3. The molecule has 3 aromatic rings. The summed E-state index contributed by atoms with van der Waals surface area (Å²) in [6.07, 6.45) is 5.36. The molecule has 0 radical (unpaired) electrons. The Morgan fingerprint density at radius 2 is 1.81 bits per heavy atom. The quantitative estimate of drug-likeness (QED) is 0.612. The lowest BCUT2D eigenvalue weighted by Gasteiger charge is -2.49. The van der Waals surface area contributed by atoms with E-state index in [9.17, 15) is 4.39 Å². The molecule has 168 valence electrons. The average Bonchev–Trinajstić information content (AvgIpc) is 3.24. The maximum atomic E-state index is 14.9. The molecule has 1 aromatic carbocycles. The van der Waals surface area contributed by atoms with Gasteiger partial charge in [-0.15, -0.1) is 0 Å². The molecule has 5 rings (SSSR count). The van der Waals surface area contributed by atoms with Crippen LogP contribution in [0.2, 0.25) is 0 Å². The molecule has 0 amide bonds. The van der Waals surface area contributed by atoms with Crippen LogP contribution in [-0.2, 0) is 6.61 Å². The second-order valence-electron chi connectivity index (χ2n) is 10.4. The second kappa shape index (κ2) is 7.30. The second-order valence-corrected chi connectivity index (χ2v) is 10.4. The number of ether oxygens (including phenoxy) is 1. The molecule has 4 heterocycles. The topological polar surface area (TPSA) is 66.1 Å². The van der Waals surface area contributed by atoms with E-state index in [0.717, 1.165) is 40.9 Å². The van der Waals surface area contributed by atoms with Crippen molar-refractivity contribution >= 4 is 5.82 Å². The fourth-order valence-electron chi connectivity index (χ4n) is 5.43. The summed E-state index contributed by atoms with van der Waals surface area (Å²) in [4.78, 5) is 7.09. The summed E-state index contributed by atoms with van der Waals surface area (Å²) >= 11 is 0. The number of hydrogen-bond acceptors (Lipinski definition) is 5. The van der Waals surface area contributed by atoms with Crippen LogP contribution in [0.5, 0.6) is 5.88 Å². The molecule has 32 heavy (non-hydrogen) atoms. The number of aromatic amines is 1. The van der Waals surface area contributed by atoms with Crippen molar-refractivity contribution in [1.82, 2.24) is 20.5 Å². The number of fused-ring (bicyclic) bond motifs is 3. The maximum absolute atomic E-state index is 14.9. The Bertz CT molecular complexity index is 1140. The molecule has 0 unspecified atom stereocenters. The molecular weight excluding hydrogens is 405 g/mol. The minimum absolute atomic E-state index is 0.0501. The molecule has 0 spiro atoms. The summed E-state index contributed by atoms with van der Waals surface area (Å²) in [6.45, 7) is 9.37. The SMILES string of the molecule is CN(c1ccc2c(n1)OCc1cc(-c3cn[nH]c3)c(F)cc1-2)C1CC(C)(C)NC(C)(C)C1. The van der Waals surface area contributed by atoms with Gasteiger partial charge in [-0.05, 0) is 75.9 Å². The van der Waals surface area contributed by atoms with E-state index in [1.54, 1.807) is 18.5 Å². The number of hydrogen-bond donors (Lipinski definition) is 2. The molecule has 2 aromatic heterocycles. The summed E-state index contributed by atoms with van der Waals surface area (Å²) in [5.74, 6) is 1.16. The van der Waals surface area contributed by atoms with Crippen LogP contribution in [0.1, 0.15) is 46.1 Å². The first-order valence-corrected chi connectivity index (χ1v) is 11.1. The third-order valence-electron chi connectivity index (χ3n) is 6.58. The number of anilines is 1. The Morgan fingerprint density at radius 3 is 2.50 bits per heavy atom. The minimum atomic E-state index is -0.279. The number of aromatic nitrogens is 3. The van der Waals surface area contributed by atoms with Gasteiger partial charge in [0.2, 0.25) is 5.88 Å². The predicted molar refractivity (Wildman–Crippen MR) is 124 cm³/mol. The van der Waals surface area contributed by atoms with Crippen molar-refractivity contribution in [2.75, 3.05) is 11.9 Å². The van der Waals surface area contributed by atoms with Crippen molar-refractivity contribution in [2.24, 2.45) is 0 Å². The van der Waals surface area contributed by atoms with Crippen LogP contribution >= 0.6 is 0 Å². The highest BCUT2D eigenvalue weighted by atomic mass is 19.1. The first kappa shape index (κ1) is 20.9. The van der Waals surface area contributed by atoms with Gasteiger partial charge >= 0.3 is 0 Å². The largest absolute Gasteiger partial charge is 0.472 e. The molecule has 7 heteroatoms. The van der Waals surface area contributed by atoms with E-state index in [2.05, 4.69) is 55.2 Å². The molecule has 0 bridgehead atoms. The summed E-state index contributed by atoms with van der Waals surface area (Å²) in [6, 6.07) is 7.80. The normalized spacial score (nSPS) is 19.1. The molecule has 0 aliphatic carbocycles. The molecule has 1 saturated heterocycles. The van der Waals surface area contributed by atoms with Gasteiger partial charge in [-0.2, -0.15) is 10.1 Å². The van der Waals surface area contributed by atoms with Crippen LogP contribution in [-0.4, -0.2) is 39.3 Å². The Morgan fingerprint density at radius 1 is 1.06 bits per heavy atom. The fourth-order valence-corrected chi connectivity index (χ4v) is 5.43. The lowest BCUT2D eigenvalue weighted by molar-refractivity contribution is 0.160. The summed E-state index contributed by atoms with van der Waals surface area (Å²) in [7, 11) is 2.10. The molecule has 6 nitrogen and oxygen atoms in total.